The zero-order valence-corrected chi connectivity index (χ0v) is 12.5. The Balaban J connectivity index is 2.48. The van der Waals surface area contributed by atoms with Crippen molar-refractivity contribution in [3.05, 3.63) is 34.9 Å². The normalized spacial score (nSPS) is 11.7. The van der Waals surface area contributed by atoms with Gasteiger partial charge in [0.05, 0.1) is 12.6 Å². The highest BCUT2D eigenvalue weighted by Gasteiger charge is 2.14. The van der Waals surface area contributed by atoms with Crippen LogP contribution in [-0.2, 0) is 9.53 Å². The van der Waals surface area contributed by atoms with Crippen molar-refractivity contribution in [2.75, 3.05) is 20.3 Å². The third-order valence-corrected chi connectivity index (χ3v) is 3.02. The van der Waals surface area contributed by atoms with Crippen LogP contribution in [0.4, 0.5) is 4.79 Å². The number of carbonyl (C=O) groups excluding carboxylic acids is 1. The van der Waals surface area contributed by atoms with Gasteiger partial charge >= 0.3 is 12.0 Å². The Morgan fingerprint density at radius 2 is 2.00 bits per heavy atom. The largest absolute Gasteiger partial charge is 0.481 e. The van der Waals surface area contributed by atoms with Crippen LogP contribution in [0.25, 0.3) is 0 Å². The molecule has 3 N–H and O–H groups in total. The maximum absolute atomic E-state index is 11.8. The number of carboxylic acid groups (broad SMARTS) is 1. The number of rotatable bonds is 8. The fourth-order valence-electron chi connectivity index (χ4n) is 1.73. The van der Waals surface area contributed by atoms with Crippen molar-refractivity contribution in [2.24, 2.45) is 0 Å². The summed E-state index contributed by atoms with van der Waals surface area (Å²) >= 11 is 5.83. The zero-order chi connectivity index (χ0) is 15.7. The number of hydrogen-bond acceptors (Lipinski definition) is 3. The molecule has 2 amide bonds. The van der Waals surface area contributed by atoms with Gasteiger partial charge in [-0.3, -0.25) is 4.79 Å². The number of halogens is 1. The van der Waals surface area contributed by atoms with Crippen molar-refractivity contribution in [1.82, 2.24) is 10.6 Å². The van der Waals surface area contributed by atoms with E-state index in [1.807, 2.05) is 12.1 Å². The first-order valence-corrected chi connectivity index (χ1v) is 6.91. The number of hydrogen-bond donors (Lipinski definition) is 3. The number of aliphatic carboxylic acids is 1. The van der Waals surface area contributed by atoms with Crippen LogP contribution in [0.15, 0.2) is 24.3 Å². The predicted molar refractivity (Wildman–Crippen MR) is 79.5 cm³/mol. The molecule has 21 heavy (non-hydrogen) atoms. The molecule has 0 saturated heterocycles. The first-order valence-electron chi connectivity index (χ1n) is 6.53. The molecule has 0 bridgehead atoms. The summed E-state index contributed by atoms with van der Waals surface area (Å²) in [4.78, 5) is 22.1. The Morgan fingerprint density at radius 3 is 2.57 bits per heavy atom. The summed E-state index contributed by atoms with van der Waals surface area (Å²) in [5.41, 5.74) is 0.877. The first-order chi connectivity index (χ1) is 10.0. The predicted octanol–water partition coefficient (Wildman–Crippen LogP) is 2.19. The molecular weight excluding hydrogens is 296 g/mol. The summed E-state index contributed by atoms with van der Waals surface area (Å²) in [6.07, 6.45) is 0.414. The van der Waals surface area contributed by atoms with Gasteiger partial charge in [-0.25, -0.2) is 4.79 Å². The van der Waals surface area contributed by atoms with E-state index in [-0.39, 0.29) is 18.5 Å². The fourth-order valence-corrected chi connectivity index (χ4v) is 1.86. The lowest BCUT2D eigenvalue weighted by Crippen LogP contribution is -2.40. The maximum Gasteiger partial charge on any atom is 0.315 e. The van der Waals surface area contributed by atoms with E-state index in [4.69, 9.17) is 21.4 Å². The molecule has 0 aliphatic heterocycles. The van der Waals surface area contributed by atoms with Gasteiger partial charge in [-0.05, 0) is 24.1 Å². The van der Waals surface area contributed by atoms with E-state index in [1.165, 1.54) is 0 Å². The number of carbonyl (C=O) groups is 2. The molecule has 1 aromatic carbocycles. The Bertz CT molecular complexity index is 465. The molecule has 1 aromatic rings. The van der Waals surface area contributed by atoms with Gasteiger partial charge in [0.15, 0.2) is 0 Å². The van der Waals surface area contributed by atoms with E-state index in [0.29, 0.717) is 24.6 Å². The molecule has 0 aliphatic rings. The number of nitrogens with one attached hydrogen (secondary N) is 2. The molecule has 0 saturated carbocycles. The summed E-state index contributed by atoms with van der Waals surface area (Å²) in [5, 5.41) is 14.5. The van der Waals surface area contributed by atoms with Gasteiger partial charge < -0.3 is 20.5 Å². The minimum absolute atomic E-state index is 0.0268. The monoisotopic (exact) mass is 314 g/mol. The third-order valence-electron chi connectivity index (χ3n) is 2.76. The second-order valence-corrected chi connectivity index (χ2v) is 4.89. The van der Waals surface area contributed by atoms with Crippen LogP contribution in [0.2, 0.25) is 5.02 Å². The first kappa shape index (κ1) is 17.3. The summed E-state index contributed by atoms with van der Waals surface area (Å²) in [5.74, 6) is -0.879. The Hall–Kier alpha value is -1.79. The van der Waals surface area contributed by atoms with E-state index in [2.05, 4.69) is 10.6 Å². The highest BCUT2D eigenvalue weighted by atomic mass is 35.5. The zero-order valence-electron chi connectivity index (χ0n) is 11.8. The van der Waals surface area contributed by atoms with Crippen molar-refractivity contribution in [2.45, 2.75) is 18.9 Å². The molecule has 1 rings (SSSR count). The van der Waals surface area contributed by atoms with Crippen molar-refractivity contribution >= 4 is 23.6 Å². The molecular formula is C14H19ClN2O4. The molecule has 0 aromatic heterocycles. The van der Waals surface area contributed by atoms with Crippen molar-refractivity contribution in [3.63, 3.8) is 0 Å². The number of methoxy groups -OCH3 is 1. The van der Waals surface area contributed by atoms with E-state index in [0.717, 1.165) is 5.56 Å². The molecule has 7 heteroatoms. The van der Waals surface area contributed by atoms with Crippen LogP contribution in [0.1, 0.15) is 24.4 Å². The van der Waals surface area contributed by atoms with Gasteiger partial charge in [-0.15, -0.1) is 0 Å². The van der Waals surface area contributed by atoms with Gasteiger partial charge in [0.2, 0.25) is 0 Å². The molecule has 0 aliphatic carbocycles. The van der Waals surface area contributed by atoms with Crippen LogP contribution in [0, 0.1) is 0 Å². The average molecular weight is 315 g/mol. The minimum atomic E-state index is -0.879. The lowest BCUT2D eigenvalue weighted by molar-refractivity contribution is -0.137. The Morgan fingerprint density at radius 1 is 1.33 bits per heavy atom. The summed E-state index contributed by atoms with van der Waals surface area (Å²) in [6, 6.07) is 6.45. The van der Waals surface area contributed by atoms with Gasteiger partial charge in [-0.1, -0.05) is 23.7 Å². The number of amides is 2. The van der Waals surface area contributed by atoms with Crippen molar-refractivity contribution < 1.29 is 19.4 Å². The standard InChI is InChI=1S/C14H19ClN2O4/c1-21-9-12(10-4-6-11(15)7-5-10)17-14(20)16-8-2-3-13(18)19/h4-7,12H,2-3,8-9H2,1H3,(H,18,19)(H2,16,17,20). The molecule has 116 valence electrons. The topological polar surface area (TPSA) is 87.7 Å². The van der Waals surface area contributed by atoms with Gasteiger partial charge in [0, 0.05) is 25.1 Å². The molecule has 6 nitrogen and oxygen atoms in total. The molecule has 0 spiro atoms. The van der Waals surface area contributed by atoms with E-state index < -0.39 is 5.97 Å². The van der Waals surface area contributed by atoms with Crippen molar-refractivity contribution in [3.8, 4) is 0 Å². The quantitative estimate of drug-likeness (QED) is 0.642. The molecule has 1 atom stereocenters. The van der Waals surface area contributed by atoms with Gasteiger partial charge in [-0.2, -0.15) is 0 Å². The van der Waals surface area contributed by atoms with Crippen molar-refractivity contribution in [1.29, 1.82) is 0 Å². The summed E-state index contributed by atoms with van der Waals surface area (Å²) in [6.45, 7) is 0.628. The van der Waals surface area contributed by atoms with Crippen LogP contribution in [0.5, 0.6) is 0 Å². The Labute approximate surface area is 128 Å². The number of carboxylic acids is 1. The second-order valence-electron chi connectivity index (χ2n) is 4.46. The smallest absolute Gasteiger partial charge is 0.315 e. The summed E-state index contributed by atoms with van der Waals surface area (Å²) < 4.78 is 5.09. The second kappa shape index (κ2) is 9.20. The molecule has 0 radical (unpaired) electrons. The fraction of sp³-hybridized carbons (Fsp3) is 0.429. The number of urea groups is 1. The molecule has 1 unspecified atom stereocenters. The Kier molecular flexibility index (Phi) is 7.56. The van der Waals surface area contributed by atoms with E-state index in [1.54, 1.807) is 19.2 Å². The van der Waals surface area contributed by atoms with Crippen LogP contribution in [0.3, 0.4) is 0 Å². The third kappa shape index (κ3) is 6.97. The number of ether oxygens (including phenoxy) is 1. The lowest BCUT2D eigenvalue weighted by atomic mass is 10.1. The highest BCUT2D eigenvalue weighted by molar-refractivity contribution is 6.30. The summed E-state index contributed by atoms with van der Waals surface area (Å²) in [7, 11) is 1.55. The van der Waals surface area contributed by atoms with E-state index >= 15 is 0 Å². The van der Waals surface area contributed by atoms with Crippen LogP contribution < -0.4 is 10.6 Å². The minimum Gasteiger partial charge on any atom is -0.481 e. The molecule has 0 fully saturated rings. The van der Waals surface area contributed by atoms with Gasteiger partial charge in [0.1, 0.15) is 0 Å². The molecule has 0 heterocycles. The van der Waals surface area contributed by atoms with Crippen LogP contribution >= 0.6 is 11.6 Å². The maximum atomic E-state index is 11.8. The van der Waals surface area contributed by atoms with Gasteiger partial charge in [0.25, 0.3) is 0 Å². The lowest BCUT2D eigenvalue weighted by Gasteiger charge is -2.19. The van der Waals surface area contributed by atoms with Crippen LogP contribution in [-0.4, -0.2) is 37.4 Å². The SMILES string of the molecule is COCC(NC(=O)NCCCC(=O)O)c1ccc(Cl)cc1. The average Bonchev–Trinajstić information content (AvgIpc) is 2.44. The highest BCUT2D eigenvalue weighted by Crippen LogP contribution is 2.16. The number of benzene rings is 1. The van der Waals surface area contributed by atoms with E-state index in [9.17, 15) is 9.59 Å².